The molecule has 2 nitrogen and oxygen atoms in total. The highest BCUT2D eigenvalue weighted by atomic mass is 79.9. The van der Waals surface area contributed by atoms with Gasteiger partial charge in [-0.3, -0.25) is 0 Å². The van der Waals surface area contributed by atoms with Crippen molar-refractivity contribution < 1.29 is 5.11 Å². The van der Waals surface area contributed by atoms with Gasteiger partial charge in [-0.2, -0.15) is 0 Å². The lowest BCUT2D eigenvalue weighted by molar-refractivity contribution is 0.475. The van der Waals surface area contributed by atoms with E-state index >= 15 is 0 Å². The van der Waals surface area contributed by atoms with Crippen molar-refractivity contribution in [2.24, 2.45) is 0 Å². The van der Waals surface area contributed by atoms with Gasteiger partial charge >= 0.3 is 0 Å². The monoisotopic (exact) mass is 303 g/mol. The molecule has 0 bridgehead atoms. The van der Waals surface area contributed by atoms with E-state index in [0.29, 0.717) is 11.8 Å². The Morgan fingerprint density at radius 1 is 1.11 bits per heavy atom. The molecule has 1 aliphatic rings. The molecule has 0 spiro atoms. The number of phenolic OH excluding ortho intramolecular Hbond substituents is 1. The van der Waals surface area contributed by atoms with Crippen LogP contribution >= 0.6 is 15.9 Å². The van der Waals surface area contributed by atoms with E-state index in [4.69, 9.17) is 0 Å². The van der Waals surface area contributed by atoms with Crippen LogP contribution in [0.5, 0.6) is 5.75 Å². The van der Waals surface area contributed by atoms with Gasteiger partial charge < -0.3 is 10.4 Å². The highest BCUT2D eigenvalue weighted by Crippen LogP contribution is 2.37. The highest BCUT2D eigenvalue weighted by Gasteiger charge is 2.23. The van der Waals surface area contributed by atoms with Crippen LogP contribution in [-0.2, 0) is 6.42 Å². The highest BCUT2D eigenvalue weighted by molar-refractivity contribution is 9.10. The van der Waals surface area contributed by atoms with Crippen LogP contribution in [0.25, 0.3) is 0 Å². The molecule has 3 rings (SSSR count). The molecule has 0 fully saturated rings. The normalized spacial score (nSPS) is 17.5. The average molecular weight is 304 g/mol. The fourth-order valence-electron chi connectivity index (χ4n) is 2.52. The third-order valence-electron chi connectivity index (χ3n) is 3.42. The summed E-state index contributed by atoms with van der Waals surface area (Å²) in [6.07, 6.45) is 2.21. The number of benzene rings is 2. The van der Waals surface area contributed by atoms with Crippen molar-refractivity contribution in [3.05, 3.63) is 58.1 Å². The molecular weight excluding hydrogens is 290 g/mol. The zero-order chi connectivity index (χ0) is 12.5. The van der Waals surface area contributed by atoms with Gasteiger partial charge in [-0.05, 0) is 54.3 Å². The Balaban J connectivity index is 1.85. The SMILES string of the molecule is Oc1ccc(NC2CCc3c(Br)cccc32)cc1. The van der Waals surface area contributed by atoms with Crippen LogP contribution in [0.2, 0.25) is 0 Å². The van der Waals surface area contributed by atoms with Crippen molar-refractivity contribution in [1.82, 2.24) is 0 Å². The van der Waals surface area contributed by atoms with E-state index in [1.165, 1.54) is 15.6 Å². The van der Waals surface area contributed by atoms with Crippen molar-refractivity contribution >= 4 is 21.6 Å². The number of nitrogens with one attached hydrogen (secondary N) is 1. The predicted molar refractivity (Wildman–Crippen MR) is 76.9 cm³/mol. The third kappa shape index (κ3) is 2.10. The fourth-order valence-corrected chi connectivity index (χ4v) is 3.10. The van der Waals surface area contributed by atoms with E-state index < -0.39 is 0 Å². The third-order valence-corrected chi connectivity index (χ3v) is 4.16. The van der Waals surface area contributed by atoms with E-state index in [1.807, 2.05) is 12.1 Å². The molecule has 1 aliphatic carbocycles. The van der Waals surface area contributed by atoms with Crippen LogP contribution in [0.4, 0.5) is 5.69 Å². The Labute approximate surface area is 115 Å². The first kappa shape index (κ1) is 11.6. The number of anilines is 1. The lowest BCUT2D eigenvalue weighted by atomic mass is 10.1. The lowest BCUT2D eigenvalue weighted by Crippen LogP contribution is -2.06. The summed E-state index contributed by atoms with van der Waals surface area (Å²) >= 11 is 3.61. The lowest BCUT2D eigenvalue weighted by Gasteiger charge is -2.15. The Bertz CT molecular complexity index is 565. The summed E-state index contributed by atoms with van der Waals surface area (Å²) < 4.78 is 1.20. The Morgan fingerprint density at radius 2 is 1.89 bits per heavy atom. The zero-order valence-electron chi connectivity index (χ0n) is 9.86. The number of hydrogen-bond acceptors (Lipinski definition) is 2. The van der Waals surface area contributed by atoms with E-state index in [2.05, 4.69) is 39.4 Å². The molecule has 3 heteroatoms. The van der Waals surface area contributed by atoms with Crippen LogP contribution in [0.15, 0.2) is 46.9 Å². The van der Waals surface area contributed by atoms with Gasteiger partial charge in [0, 0.05) is 10.2 Å². The van der Waals surface area contributed by atoms with Crippen LogP contribution in [0, 0.1) is 0 Å². The minimum absolute atomic E-state index is 0.301. The molecule has 0 saturated heterocycles. The first-order valence-corrected chi connectivity index (χ1v) is 6.86. The van der Waals surface area contributed by atoms with Crippen molar-refractivity contribution in [1.29, 1.82) is 0 Å². The minimum Gasteiger partial charge on any atom is -0.508 e. The smallest absolute Gasteiger partial charge is 0.115 e. The molecular formula is C15H14BrNO. The molecule has 92 valence electrons. The van der Waals surface area contributed by atoms with Crippen LogP contribution < -0.4 is 5.32 Å². The Morgan fingerprint density at radius 3 is 2.67 bits per heavy atom. The van der Waals surface area contributed by atoms with Crippen molar-refractivity contribution in [2.45, 2.75) is 18.9 Å². The van der Waals surface area contributed by atoms with Gasteiger partial charge in [0.2, 0.25) is 0 Å². The predicted octanol–water partition coefficient (Wildman–Crippen LogP) is 4.25. The number of aromatic hydroxyl groups is 1. The fraction of sp³-hybridized carbons (Fsp3) is 0.200. The summed E-state index contributed by atoms with van der Waals surface area (Å²) in [5.41, 5.74) is 3.83. The van der Waals surface area contributed by atoms with Gasteiger partial charge in [0.25, 0.3) is 0 Å². The first-order valence-electron chi connectivity index (χ1n) is 6.07. The number of halogens is 1. The summed E-state index contributed by atoms with van der Waals surface area (Å²) in [6, 6.07) is 14.0. The molecule has 0 saturated carbocycles. The summed E-state index contributed by atoms with van der Waals surface area (Å²) in [4.78, 5) is 0. The van der Waals surface area contributed by atoms with Crippen molar-refractivity contribution in [2.75, 3.05) is 5.32 Å². The van der Waals surface area contributed by atoms with Crippen molar-refractivity contribution in [3.63, 3.8) is 0 Å². The van der Waals surface area contributed by atoms with E-state index in [1.54, 1.807) is 12.1 Å². The molecule has 2 aromatic carbocycles. The molecule has 0 heterocycles. The van der Waals surface area contributed by atoms with Crippen molar-refractivity contribution in [3.8, 4) is 5.75 Å². The minimum atomic E-state index is 0.301. The van der Waals surface area contributed by atoms with Crippen LogP contribution in [0.3, 0.4) is 0 Å². The zero-order valence-corrected chi connectivity index (χ0v) is 11.4. The summed E-state index contributed by atoms with van der Waals surface area (Å²) in [6.45, 7) is 0. The second-order valence-electron chi connectivity index (χ2n) is 4.59. The maximum atomic E-state index is 9.28. The van der Waals surface area contributed by atoms with E-state index in [-0.39, 0.29) is 0 Å². The molecule has 0 aliphatic heterocycles. The summed E-state index contributed by atoms with van der Waals surface area (Å²) in [5.74, 6) is 0.301. The Hall–Kier alpha value is -1.48. The number of rotatable bonds is 2. The van der Waals surface area contributed by atoms with Crippen LogP contribution in [-0.4, -0.2) is 5.11 Å². The van der Waals surface area contributed by atoms with Gasteiger partial charge in [-0.15, -0.1) is 0 Å². The second-order valence-corrected chi connectivity index (χ2v) is 5.44. The average Bonchev–Trinajstić information content (AvgIpc) is 2.77. The largest absolute Gasteiger partial charge is 0.508 e. The molecule has 2 N–H and O–H groups in total. The second kappa shape index (κ2) is 4.65. The molecule has 1 unspecified atom stereocenters. The molecule has 0 radical (unpaired) electrons. The molecule has 18 heavy (non-hydrogen) atoms. The quantitative estimate of drug-likeness (QED) is 0.813. The molecule has 1 atom stereocenters. The molecule has 0 amide bonds. The number of fused-ring (bicyclic) bond motifs is 1. The van der Waals surface area contributed by atoms with Gasteiger partial charge in [0.05, 0.1) is 6.04 Å². The summed E-state index contributed by atoms with van der Waals surface area (Å²) in [5, 5.41) is 12.8. The van der Waals surface area contributed by atoms with Gasteiger partial charge in [0.15, 0.2) is 0 Å². The molecule has 2 aromatic rings. The summed E-state index contributed by atoms with van der Waals surface area (Å²) in [7, 11) is 0. The number of phenols is 1. The maximum Gasteiger partial charge on any atom is 0.115 e. The maximum absolute atomic E-state index is 9.28. The Kier molecular flexibility index (Phi) is 3.00. The molecule has 0 aromatic heterocycles. The van der Waals surface area contributed by atoms with E-state index in [9.17, 15) is 5.11 Å². The topological polar surface area (TPSA) is 32.3 Å². The standard InChI is InChI=1S/C15H14BrNO/c16-14-3-1-2-13-12(14)8-9-15(13)17-10-4-6-11(18)7-5-10/h1-7,15,17-18H,8-9H2. The van der Waals surface area contributed by atoms with Gasteiger partial charge in [0.1, 0.15) is 5.75 Å². The van der Waals surface area contributed by atoms with Crippen LogP contribution in [0.1, 0.15) is 23.6 Å². The van der Waals surface area contributed by atoms with E-state index in [0.717, 1.165) is 18.5 Å². The first-order chi connectivity index (χ1) is 8.74. The number of hydrogen-bond donors (Lipinski definition) is 2. The van der Waals surface area contributed by atoms with Gasteiger partial charge in [-0.25, -0.2) is 0 Å². The van der Waals surface area contributed by atoms with Gasteiger partial charge in [-0.1, -0.05) is 28.1 Å².